The number of pyridine rings is 1. The molecule has 0 bridgehead atoms. The van der Waals surface area contributed by atoms with Crippen LogP contribution in [-0.2, 0) is 0 Å². The minimum atomic E-state index is 0.715. The van der Waals surface area contributed by atoms with Gasteiger partial charge in [0.25, 0.3) is 0 Å². The van der Waals surface area contributed by atoms with Crippen molar-refractivity contribution in [2.24, 2.45) is 0 Å². The fourth-order valence-electron chi connectivity index (χ4n) is 2.49. The second kappa shape index (κ2) is 6.77. The van der Waals surface area contributed by atoms with E-state index in [1.165, 1.54) is 16.7 Å². The molecule has 0 saturated heterocycles. The quantitative estimate of drug-likeness (QED) is 0.835. The number of hydrogen-bond donors (Lipinski definition) is 1. The van der Waals surface area contributed by atoms with Crippen LogP contribution in [0, 0.1) is 13.8 Å². The molecule has 1 aromatic carbocycles. The summed E-state index contributed by atoms with van der Waals surface area (Å²) in [5.74, 6) is 0. The van der Waals surface area contributed by atoms with Crippen molar-refractivity contribution >= 4 is 22.9 Å². The molecule has 0 saturated carbocycles. The zero-order chi connectivity index (χ0) is 15.4. The number of rotatable bonds is 4. The van der Waals surface area contributed by atoms with E-state index >= 15 is 0 Å². The summed E-state index contributed by atoms with van der Waals surface area (Å²) in [7, 11) is 1.85. The summed E-state index contributed by atoms with van der Waals surface area (Å²) in [4.78, 5) is 4.30. The number of aromatic nitrogens is 1. The molecule has 1 aromatic heterocycles. The molecule has 2 nitrogen and oxygen atoms in total. The Labute approximate surface area is 131 Å². The van der Waals surface area contributed by atoms with Gasteiger partial charge in [0.2, 0.25) is 0 Å². The van der Waals surface area contributed by atoms with Crippen molar-refractivity contribution in [2.45, 2.75) is 27.2 Å². The molecule has 0 fully saturated rings. The number of nitrogens with zero attached hydrogens (tertiary/aromatic N) is 1. The average molecular weight is 301 g/mol. The van der Waals surface area contributed by atoms with Gasteiger partial charge in [0, 0.05) is 18.8 Å². The van der Waals surface area contributed by atoms with Crippen LogP contribution in [0.2, 0.25) is 5.02 Å². The van der Waals surface area contributed by atoms with Crippen molar-refractivity contribution in [1.29, 1.82) is 0 Å². The van der Waals surface area contributed by atoms with Crippen molar-refractivity contribution in [3.05, 3.63) is 63.9 Å². The van der Waals surface area contributed by atoms with Crippen LogP contribution in [0.5, 0.6) is 0 Å². The highest BCUT2D eigenvalue weighted by molar-refractivity contribution is 6.35. The van der Waals surface area contributed by atoms with Gasteiger partial charge in [-0.15, -0.1) is 0 Å². The SMILES string of the molecule is CC/C=C(\c1ccc(C)cc1C)c1cncc(NC)c1Cl. The van der Waals surface area contributed by atoms with Crippen LogP contribution < -0.4 is 5.32 Å². The van der Waals surface area contributed by atoms with Crippen LogP contribution in [0.1, 0.15) is 35.6 Å². The summed E-state index contributed by atoms with van der Waals surface area (Å²) in [5.41, 5.74) is 6.68. The molecule has 0 unspecified atom stereocenters. The lowest BCUT2D eigenvalue weighted by atomic mass is 9.93. The smallest absolute Gasteiger partial charge is 0.0747 e. The van der Waals surface area contributed by atoms with Crippen LogP contribution in [0.25, 0.3) is 5.57 Å². The summed E-state index contributed by atoms with van der Waals surface area (Å²) < 4.78 is 0. The monoisotopic (exact) mass is 300 g/mol. The predicted octanol–water partition coefficient (Wildman–Crippen LogP) is 5.24. The molecule has 0 aliphatic rings. The Hall–Kier alpha value is -1.80. The highest BCUT2D eigenvalue weighted by atomic mass is 35.5. The van der Waals surface area contributed by atoms with E-state index in [-0.39, 0.29) is 0 Å². The van der Waals surface area contributed by atoms with Gasteiger partial charge >= 0.3 is 0 Å². The first-order chi connectivity index (χ1) is 10.1. The normalized spacial score (nSPS) is 11.6. The van der Waals surface area contributed by atoms with Gasteiger partial charge in [0.1, 0.15) is 0 Å². The molecule has 0 amide bonds. The number of halogens is 1. The number of allylic oxidation sites excluding steroid dienone is 1. The molecule has 3 heteroatoms. The van der Waals surface area contributed by atoms with E-state index in [1.54, 1.807) is 6.20 Å². The van der Waals surface area contributed by atoms with Gasteiger partial charge in [-0.2, -0.15) is 0 Å². The molecule has 1 N–H and O–H groups in total. The Balaban J connectivity index is 2.63. The summed E-state index contributed by atoms with van der Waals surface area (Å²) in [6, 6.07) is 6.49. The van der Waals surface area contributed by atoms with Crippen molar-refractivity contribution in [3.8, 4) is 0 Å². The van der Waals surface area contributed by atoms with Gasteiger partial charge in [-0.1, -0.05) is 48.4 Å². The van der Waals surface area contributed by atoms with Crippen LogP contribution in [-0.4, -0.2) is 12.0 Å². The first kappa shape index (κ1) is 15.6. The number of aryl methyl sites for hydroxylation is 2. The first-order valence-corrected chi connectivity index (χ1v) is 7.55. The number of nitrogens with one attached hydrogen (secondary N) is 1. The third-order valence-electron chi connectivity index (χ3n) is 3.52. The summed E-state index contributed by atoms with van der Waals surface area (Å²) in [6.45, 7) is 6.37. The highest BCUT2D eigenvalue weighted by Crippen LogP contribution is 2.34. The molecule has 21 heavy (non-hydrogen) atoms. The third-order valence-corrected chi connectivity index (χ3v) is 3.93. The molecule has 0 aliphatic carbocycles. The summed E-state index contributed by atoms with van der Waals surface area (Å²) >= 11 is 6.53. The average Bonchev–Trinajstić information content (AvgIpc) is 2.46. The molecule has 0 atom stereocenters. The molecule has 2 aromatic rings. The maximum Gasteiger partial charge on any atom is 0.0747 e. The van der Waals surface area contributed by atoms with Gasteiger partial charge < -0.3 is 5.32 Å². The van der Waals surface area contributed by atoms with Crippen molar-refractivity contribution in [3.63, 3.8) is 0 Å². The number of anilines is 1. The Morgan fingerprint density at radius 3 is 2.62 bits per heavy atom. The second-order valence-corrected chi connectivity index (χ2v) is 5.52. The third kappa shape index (κ3) is 3.27. The van der Waals surface area contributed by atoms with E-state index in [4.69, 9.17) is 11.6 Å². The second-order valence-electron chi connectivity index (χ2n) is 5.14. The van der Waals surface area contributed by atoms with Gasteiger partial charge in [-0.05, 0) is 37.0 Å². The standard InChI is InChI=1S/C18H21ClN2/c1-5-6-15(14-8-7-12(2)9-13(14)3)16-10-21-11-17(20-4)18(16)19/h6-11,20H,5H2,1-4H3/b15-6+. The molecule has 0 radical (unpaired) electrons. The van der Waals surface area contributed by atoms with Crippen LogP contribution in [0.3, 0.4) is 0 Å². The largest absolute Gasteiger partial charge is 0.386 e. The number of benzene rings is 1. The summed E-state index contributed by atoms with van der Waals surface area (Å²) in [5, 5.41) is 3.80. The van der Waals surface area contributed by atoms with E-state index in [1.807, 2.05) is 13.2 Å². The van der Waals surface area contributed by atoms with Gasteiger partial charge in [-0.3, -0.25) is 4.98 Å². The Bertz CT molecular complexity index is 675. The summed E-state index contributed by atoms with van der Waals surface area (Å²) in [6.07, 6.45) is 6.74. The van der Waals surface area contributed by atoms with Crippen LogP contribution in [0.4, 0.5) is 5.69 Å². The van der Waals surface area contributed by atoms with Crippen molar-refractivity contribution < 1.29 is 0 Å². The van der Waals surface area contributed by atoms with Gasteiger partial charge in [-0.25, -0.2) is 0 Å². The lowest BCUT2D eigenvalue weighted by Crippen LogP contribution is -1.98. The number of hydrogen-bond acceptors (Lipinski definition) is 2. The van der Waals surface area contributed by atoms with E-state index in [2.05, 4.69) is 55.3 Å². The van der Waals surface area contributed by atoms with Gasteiger partial charge in [0.05, 0.1) is 16.9 Å². The molecular formula is C18H21ClN2. The molecule has 2 rings (SSSR count). The molecule has 110 valence electrons. The molecular weight excluding hydrogens is 280 g/mol. The van der Waals surface area contributed by atoms with Crippen molar-refractivity contribution in [2.75, 3.05) is 12.4 Å². The molecule has 0 aliphatic heterocycles. The fraction of sp³-hybridized carbons (Fsp3) is 0.278. The minimum Gasteiger partial charge on any atom is -0.386 e. The van der Waals surface area contributed by atoms with E-state index < -0.39 is 0 Å². The molecule has 0 spiro atoms. The molecule has 1 heterocycles. The lowest BCUT2D eigenvalue weighted by molar-refractivity contribution is 1.21. The zero-order valence-corrected chi connectivity index (χ0v) is 13.8. The van der Waals surface area contributed by atoms with Crippen molar-refractivity contribution in [1.82, 2.24) is 4.98 Å². The lowest BCUT2D eigenvalue weighted by Gasteiger charge is -2.15. The predicted molar refractivity (Wildman–Crippen MR) is 92.1 cm³/mol. The van der Waals surface area contributed by atoms with Crippen LogP contribution >= 0.6 is 11.6 Å². The maximum absolute atomic E-state index is 6.53. The Kier molecular flexibility index (Phi) is 5.03. The maximum atomic E-state index is 6.53. The minimum absolute atomic E-state index is 0.715. The fourth-order valence-corrected chi connectivity index (χ4v) is 2.79. The topological polar surface area (TPSA) is 24.9 Å². The zero-order valence-electron chi connectivity index (χ0n) is 13.0. The van der Waals surface area contributed by atoms with Gasteiger partial charge in [0.15, 0.2) is 0 Å². The van der Waals surface area contributed by atoms with E-state index in [0.29, 0.717) is 5.02 Å². The Morgan fingerprint density at radius 1 is 1.24 bits per heavy atom. The Morgan fingerprint density at radius 2 is 2.00 bits per heavy atom. The van der Waals surface area contributed by atoms with E-state index in [0.717, 1.165) is 23.2 Å². The van der Waals surface area contributed by atoms with E-state index in [9.17, 15) is 0 Å². The first-order valence-electron chi connectivity index (χ1n) is 7.17. The van der Waals surface area contributed by atoms with Crippen LogP contribution in [0.15, 0.2) is 36.7 Å². The highest BCUT2D eigenvalue weighted by Gasteiger charge is 2.13.